The highest BCUT2D eigenvalue weighted by molar-refractivity contribution is 5.68. The molecule has 1 atom stereocenters. The number of nitrogens with zero attached hydrogens (tertiary/aromatic N) is 3. The molecular formula is C18H29N3O2. The van der Waals surface area contributed by atoms with E-state index >= 15 is 0 Å². The molecule has 128 valence electrons. The number of carbonyl (C=O) groups is 1. The number of ether oxygens (including phenoxy) is 1. The predicted molar refractivity (Wildman–Crippen MR) is 92.8 cm³/mol. The van der Waals surface area contributed by atoms with Crippen molar-refractivity contribution in [2.75, 3.05) is 25.0 Å². The number of aryl methyl sites for hydroxylation is 1. The zero-order valence-electron chi connectivity index (χ0n) is 15.0. The lowest BCUT2D eigenvalue weighted by atomic mass is 10.0. The van der Waals surface area contributed by atoms with Gasteiger partial charge in [0.15, 0.2) is 0 Å². The number of rotatable bonds is 3. The van der Waals surface area contributed by atoms with Gasteiger partial charge in [-0.05, 0) is 64.7 Å². The number of amides is 1. The summed E-state index contributed by atoms with van der Waals surface area (Å²) in [5.41, 5.74) is 0.734. The van der Waals surface area contributed by atoms with E-state index in [-0.39, 0.29) is 12.1 Å². The van der Waals surface area contributed by atoms with Gasteiger partial charge in [-0.1, -0.05) is 0 Å². The number of likely N-dealkylation sites (tertiary alicyclic amines) is 1. The maximum absolute atomic E-state index is 12.5. The molecule has 0 unspecified atom stereocenters. The van der Waals surface area contributed by atoms with Crippen LogP contribution in [0.3, 0.4) is 0 Å². The minimum absolute atomic E-state index is 0.172. The van der Waals surface area contributed by atoms with Crippen molar-refractivity contribution in [2.24, 2.45) is 0 Å². The molecule has 0 aromatic carbocycles. The van der Waals surface area contributed by atoms with Gasteiger partial charge >= 0.3 is 6.09 Å². The molecule has 1 aromatic heterocycles. The average Bonchev–Trinajstić information content (AvgIpc) is 2.46. The summed E-state index contributed by atoms with van der Waals surface area (Å²) >= 11 is 0. The quantitative estimate of drug-likeness (QED) is 0.853. The number of aromatic nitrogens is 1. The molecule has 0 saturated carbocycles. The molecule has 1 fully saturated rings. The van der Waals surface area contributed by atoms with Crippen LogP contribution in [0.15, 0.2) is 18.3 Å². The SMILES string of the molecule is Cc1ccnc(N(C)C[C@H]2CCCCN2C(=O)OC(C)(C)C)c1. The lowest BCUT2D eigenvalue weighted by Crippen LogP contribution is -2.50. The Bertz CT molecular complexity index is 539. The van der Waals surface area contributed by atoms with Crippen molar-refractivity contribution in [1.29, 1.82) is 0 Å². The number of pyridine rings is 1. The van der Waals surface area contributed by atoms with Crippen molar-refractivity contribution in [1.82, 2.24) is 9.88 Å². The second-order valence-corrected chi connectivity index (χ2v) is 7.40. The third kappa shape index (κ3) is 5.12. The summed E-state index contributed by atoms with van der Waals surface area (Å²) in [5.74, 6) is 0.944. The van der Waals surface area contributed by atoms with E-state index in [1.165, 1.54) is 5.56 Å². The molecule has 1 amide bonds. The summed E-state index contributed by atoms with van der Waals surface area (Å²) in [4.78, 5) is 20.9. The number of anilines is 1. The van der Waals surface area contributed by atoms with Crippen LogP contribution in [-0.4, -0.2) is 47.8 Å². The zero-order chi connectivity index (χ0) is 17.0. The molecule has 5 nitrogen and oxygen atoms in total. The second-order valence-electron chi connectivity index (χ2n) is 7.40. The van der Waals surface area contributed by atoms with Crippen molar-refractivity contribution in [3.8, 4) is 0 Å². The van der Waals surface area contributed by atoms with E-state index < -0.39 is 5.60 Å². The Balaban J connectivity index is 2.05. The van der Waals surface area contributed by atoms with Gasteiger partial charge in [0, 0.05) is 26.3 Å². The van der Waals surface area contributed by atoms with Gasteiger partial charge in [0.05, 0.1) is 6.04 Å². The first kappa shape index (κ1) is 17.6. The van der Waals surface area contributed by atoms with E-state index in [0.29, 0.717) is 0 Å². The van der Waals surface area contributed by atoms with E-state index in [0.717, 1.165) is 38.2 Å². The van der Waals surface area contributed by atoms with Gasteiger partial charge in [-0.25, -0.2) is 9.78 Å². The third-order valence-corrected chi connectivity index (χ3v) is 4.03. The Morgan fingerprint density at radius 1 is 1.43 bits per heavy atom. The molecule has 5 heteroatoms. The van der Waals surface area contributed by atoms with Crippen LogP contribution in [0.1, 0.15) is 45.6 Å². The van der Waals surface area contributed by atoms with Crippen LogP contribution in [0.5, 0.6) is 0 Å². The summed E-state index contributed by atoms with van der Waals surface area (Å²) in [6.07, 6.45) is 4.83. The van der Waals surface area contributed by atoms with E-state index in [2.05, 4.69) is 22.9 Å². The van der Waals surface area contributed by atoms with Gasteiger partial charge in [-0.15, -0.1) is 0 Å². The molecule has 0 radical (unpaired) electrons. The fraction of sp³-hybridized carbons (Fsp3) is 0.667. The van der Waals surface area contributed by atoms with Crippen LogP contribution in [0.4, 0.5) is 10.6 Å². The Morgan fingerprint density at radius 2 is 2.17 bits per heavy atom. The normalized spacial score (nSPS) is 18.7. The van der Waals surface area contributed by atoms with Crippen molar-refractivity contribution in [2.45, 2.75) is 58.6 Å². The van der Waals surface area contributed by atoms with Crippen molar-refractivity contribution >= 4 is 11.9 Å². The van der Waals surface area contributed by atoms with Crippen molar-refractivity contribution in [3.63, 3.8) is 0 Å². The molecule has 1 saturated heterocycles. The van der Waals surface area contributed by atoms with Crippen LogP contribution >= 0.6 is 0 Å². The van der Waals surface area contributed by atoms with E-state index in [4.69, 9.17) is 4.74 Å². The molecule has 1 aliphatic rings. The summed E-state index contributed by atoms with van der Waals surface area (Å²) in [7, 11) is 2.03. The number of carbonyl (C=O) groups excluding carboxylic acids is 1. The molecule has 0 spiro atoms. The Labute approximate surface area is 139 Å². The first-order valence-corrected chi connectivity index (χ1v) is 8.40. The Kier molecular flexibility index (Phi) is 5.50. The molecule has 2 heterocycles. The molecule has 0 aliphatic carbocycles. The summed E-state index contributed by atoms with van der Waals surface area (Å²) in [6.45, 7) is 9.34. The molecule has 1 aliphatic heterocycles. The molecule has 23 heavy (non-hydrogen) atoms. The maximum atomic E-state index is 12.5. The van der Waals surface area contributed by atoms with Gasteiger partial charge in [0.2, 0.25) is 0 Å². The van der Waals surface area contributed by atoms with E-state index in [1.54, 1.807) is 0 Å². The van der Waals surface area contributed by atoms with E-state index in [9.17, 15) is 4.79 Å². The molecule has 0 N–H and O–H groups in total. The summed E-state index contributed by atoms with van der Waals surface area (Å²) in [6, 6.07) is 4.23. The highest BCUT2D eigenvalue weighted by atomic mass is 16.6. The highest BCUT2D eigenvalue weighted by Gasteiger charge is 2.31. The molecular weight excluding hydrogens is 290 g/mol. The van der Waals surface area contributed by atoms with Crippen LogP contribution in [0, 0.1) is 6.92 Å². The van der Waals surface area contributed by atoms with Gasteiger partial charge in [-0.3, -0.25) is 0 Å². The number of likely N-dealkylation sites (N-methyl/N-ethyl adjacent to an activating group) is 1. The molecule has 1 aromatic rings. The predicted octanol–water partition coefficient (Wildman–Crippen LogP) is 3.62. The van der Waals surface area contributed by atoms with E-state index in [1.807, 2.05) is 45.0 Å². The standard InChI is InChI=1S/C18H29N3O2/c1-14-9-10-19-16(12-14)20(5)13-15-8-6-7-11-21(15)17(22)23-18(2,3)4/h9-10,12,15H,6-8,11,13H2,1-5H3/t15-/m1/s1. The molecule has 2 rings (SSSR count). The van der Waals surface area contributed by atoms with Gasteiger partial charge in [-0.2, -0.15) is 0 Å². The fourth-order valence-corrected chi connectivity index (χ4v) is 2.89. The number of hydrogen-bond acceptors (Lipinski definition) is 4. The summed E-state index contributed by atoms with van der Waals surface area (Å²) in [5, 5.41) is 0. The maximum Gasteiger partial charge on any atom is 0.410 e. The lowest BCUT2D eigenvalue weighted by molar-refractivity contribution is 0.0108. The van der Waals surface area contributed by atoms with Crippen LogP contribution in [-0.2, 0) is 4.74 Å². The number of hydrogen-bond donors (Lipinski definition) is 0. The smallest absolute Gasteiger partial charge is 0.410 e. The van der Waals surface area contributed by atoms with Gasteiger partial charge in [0.25, 0.3) is 0 Å². The first-order valence-electron chi connectivity index (χ1n) is 8.40. The van der Waals surface area contributed by atoms with Crippen LogP contribution in [0.2, 0.25) is 0 Å². The minimum atomic E-state index is -0.455. The zero-order valence-corrected chi connectivity index (χ0v) is 15.0. The third-order valence-electron chi connectivity index (χ3n) is 4.03. The van der Waals surface area contributed by atoms with Crippen LogP contribution < -0.4 is 4.90 Å². The van der Waals surface area contributed by atoms with Gasteiger partial charge in [0.1, 0.15) is 11.4 Å². The first-order chi connectivity index (χ1) is 10.8. The largest absolute Gasteiger partial charge is 0.444 e. The Morgan fingerprint density at radius 3 is 2.83 bits per heavy atom. The lowest BCUT2D eigenvalue weighted by Gasteiger charge is -2.38. The van der Waals surface area contributed by atoms with Crippen molar-refractivity contribution in [3.05, 3.63) is 23.9 Å². The van der Waals surface area contributed by atoms with Gasteiger partial charge < -0.3 is 14.5 Å². The second kappa shape index (κ2) is 7.20. The Hall–Kier alpha value is -1.78. The minimum Gasteiger partial charge on any atom is -0.444 e. The average molecular weight is 319 g/mol. The monoisotopic (exact) mass is 319 g/mol. The topological polar surface area (TPSA) is 45.7 Å². The summed E-state index contributed by atoms with van der Waals surface area (Å²) < 4.78 is 5.57. The molecule has 0 bridgehead atoms. The number of piperidine rings is 1. The van der Waals surface area contributed by atoms with Crippen molar-refractivity contribution < 1.29 is 9.53 Å². The fourth-order valence-electron chi connectivity index (χ4n) is 2.89. The highest BCUT2D eigenvalue weighted by Crippen LogP contribution is 2.22. The van der Waals surface area contributed by atoms with Crippen LogP contribution in [0.25, 0.3) is 0 Å².